The number of aromatic nitrogens is 2. The first-order chi connectivity index (χ1) is 18.7. The number of benzene rings is 4. The molecule has 1 amide bonds. The number of amides is 1. The Morgan fingerprint density at radius 2 is 1.37 bits per heavy atom. The van der Waals surface area contributed by atoms with Gasteiger partial charge in [-0.15, -0.1) is 0 Å². The van der Waals surface area contributed by atoms with E-state index in [4.69, 9.17) is 16.7 Å². The molecule has 4 aromatic carbocycles. The summed E-state index contributed by atoms with van der Waals surface area (Å²) in [5.41, 5.74) is 7.08. The van der Waals surface area contributed by atoms with Crippen LogP contribution in [0.2, 0.25) is 5.02 Å². The third kappa shape index (κ3) is 4.82. The number of carbonyl (C=O) groups is 1. The van der Waals surface area contributed by atoms with Crippen molar-refractivity contribution < 1.29 is 4.79 Å². The molecule has 5 heteroatoms. The lowest BCUT2D eigenvalue weighted by molar-refractivity contribution is -0.123. The summed E-state index contributed by atoms with van der Waals surface area (Å²) < 4.78 is 1.86. The van der Waals surface area contributed by atoms with E-state index >= 15 is 0 Å². The quantitative estimate of drug-likeness (QED) is 0.219. The highest BCUT2D eigenvalue weighted by atomic mass is 35.5. The van der Waals surface area contributed by atoms with E-state index in [1.807, 2.05) is 143 Å². The van der Waals surface area contributed by atoms with E-state index in [1.165, 1.54) is 0 Å². The van der Waals surface area contributed by atoms with Crippen LogP contribution >= 0.6 is 11.6 Å². The van der Waals surface area contributed by atoms with Gasteiger partial charge in [-0.25, -0.2) is 4.68 Å². The van der Waals surface area contributed by atoms with Crippen molar-refractivity contribution in [1.82, 2.24) is 14.7 Å². The van der Waals surface area contributed by atoms with Crippen LogP contribution in [0.4, 0.5) is 0 Å². The molecule has 5 aromatic rings. The first kappa shape index (κ1) is 23.7. The van der Waals surface area contributed by atoms with Crippen molar-refractivity contribution in [2.24, 2.45) is 0 Å². The summed E-state index contributed by atoms with van der Waals surface area (Å²) in [6, 6.07) is 37.6. The summed E-state index contributed by atoms with van der Waals surface area (Å²) in [4.78, 5) is 15.7. The normalized spacial score (nSPS) is 14.2. The van der Waals surface area contributed by atoms with Crippen LogP contribution in [-0.2, 0) is 11.3 Å². The van der Waals surface area contributed by atoms with Gasteiger partial charge in [0.05, 0.1) is 23.6 Å². The molecule has 38 heavy (non-hydrogen) atoms. The lowest BCUT2D eigenvalue weighted by Crippen LogP contribution is -2.25. The molecular weight excluding hydrogens is 490 g/mol. The van der Waals surface area contributed by atoms with Crippen LogP contribution in [-0.4, -0.2) is 20.6 Å². The van der Waals surface area contributed by atoms with Crippen molar-refractivity contribution in [2.75, 3.05) is 0 Å². The first-order valence-corrected chi connectivity index (χ1v) is 12.8. The van der Waals surface area contributed by atoms with Crippen molar-refractivity contribution in [1.29, 1.82) is 0 Å². The van der Waals surface area contributed by atoms with Gasteiger partial charge in [-0.2, -0.15) is 5.10 Å². The van der Waals surface area contributed by atoms with Gasteiger partial charge in [-0.3, -0.25) is 4.79 Å². The Morgan fingerprint density at radius 3 is 2.05 bits per heavy atom. The summed E-state index contributed by atoms with van der Waals surface area (Å²) in [6.07, 6.45) is 5.88. The average Bonchev–Trinajstić information content (AvgIpc) is 3.52. The van der Waals surface area contributed by atoms with Gasteiger partial charge in [-0.1, -0.05) is 103 Å². The molecule has 0 radical (unpaired) electrons. The lowest BCUT2D eigenvalue weighted by Gasteiger charge is -2.21. The molecule has 0 aliphatic carbocycles. The second kappa shape index (κ2) is 10.4. The number of halogens is 1. The Labute approximate surface area is 226 Å². The summed E-state index contributed by atoms with van der Waals surface area (Å²) in [5.74, 6) is -0.0507. The van der Waals surface area contributed by atoms with Gasteiger partial charge < -0.3 is 4.90 Å². The van der Waals surface area contributed by atoms with Crippen LogP contribution in [0.1, 0.15) is 16.7 Å². The van der Waals surface area contributed by atoms with Gasteiger partial charge in [0.25, 0.3) is 5.91 Å². The standard InChI is InChI=1S/C33H24ClN3O/c34-29-18-16-25(17-19-29)31-21-27(33(38)36(31)22-24-10-4-1-5-11-24)20-28-23-37(30-14-8-3-9-15-30)35-32(28)26-12-6-2-7-13-26/h1-21,23H,22H2/b27-20+. The Kier molecular flexibility index (Phi) is 6.47. The SMILES string of the molecule is O=C1/C(=C/c2cn(-c3ccccc3)nc2-c2ccccc2)C=C(c2ccc(Cl)cc2)N1Cc1ccccc1. The topological polar surface area (TPSA) is 38.1 Å². The van der Waals surface area contributed by atoms with Crippen LogP contribution in [0.25, 0.3) is 28.7 Å². The minimum absolute atomic E-state index is 0.0507. The number of hydrogen-bond acceptors (Lipinski definition) is 2. The molecule has 1 aromatic heterocycles. The van der Waals surface area contributed by atoms with Crippen molar-refractivity contribution in [3.63, 3.8) is 0 Å². The number of rotatable bonds is 6. The maximum Gasteiger partial charge on any atom is 0.258 e. The van der Waals surface area contributed by atoms with E-state index in [0.717, 1.165) is 39.3 Å². The van der Waals surface area contributed by atoms with Crippen LogP contribution in [0, 0.1) is 0 Å². The Hall–Kier alpha value is -4.67. The minimum atomic E-state index is -0.0507. The monoisotopic (exact) mass is 513 g/mol. The molecule has 1 aliphatic rings. The highest BCUT2D eigenvalue weighted by Gasteiger charge is 2.29. The number of para-hydroxylation sites is 1. The molecule has 0 spiro atoms. The fraction of sp³-hybridized carbons (Fsp3) is 0.0303. The molecular formula is C33H24ClN3O. The fourth-order valence-corrected chi connectivity index (χ4v) is 4.76. The van der Waals surface area contributed by atoms with E-state index in [2.05, 4.69) is 0 Å². The Bertz CT molecular complexity index is 1640. The second-order valence-electron chi connectivity index (χ2n) is 9.09. The fourth-order valence-electron chi connectivity index (χ4n) is 4.63. The molecule has 1 aliphatic heterocycles. The summed E-state index contributed by atoms with van der Waals surface area (Å²) in [5, 5.41) is 5.56. The van der Waals surface area contributed by atoms with Crippen LogP contribution < -0.4 is 0 Å². The third-order valence-corrected chi connectivity index (χ3v) is 6.77. The van der Waals surface area contributed by atoms with Crippen LogP contribution in [0.3, 0.4) is 0 Å². The molecule has 0 atom stereocenters. The highest BCUT2D eigenvalue weighted by Crippen LogP contribution is 2.34. The van der Waals surface area contributed by atoms with Gasteiger partial charge in [0.1, 0.15) is 0 Å². The first-order valence-electron chi connectivity index (χ1n) is 12.4. The molecule has 4 nitrogen and oxygen atoms in total. The van der Waals surface area contributed by atoms with Crippen molar-refractivity contribution in [3.8, 4) is 16.9 Å². The summed E-state index contributed by atoms with van der Waals surface area (Å²) in [6.45, 7) is 0.473. The molecule has 0 unspecified atom stereocenters. The molecule has 0 bridgehead atoms. The van der Waals surface area contributed by atoms with Gasteiger partial charge in [0.15, 0.2) is 0 Å². The van der Waals surface area contributed by atoms with E-state index in [0.29, 0.717) is 17.1 Å². The minimum Gasteiger partial charge on any atom is -0.303 e. The molecule has 2 heterocycles. The molecule has 184 valence electrons. The van der Waals surface area contributed by atoms with E-state index < -0.39 is 0 Å². The van der Waals surface area contributed by atoms with Crippen LogP contribution in [0.5, 0.6) is 0 Å². The number of hydrogen-bond donors (Lipinski definition) is 0. The molecule has 0 saturated heterocycles. The van der Waals surface area contributed by atoms with Gasteiger partial charge in [0, 0.05) is 27.9 Å². The van der Waals surface area contributed by atoms with Crippen molar-refractivity contribution >= 4 is 29.3 Å². The van der Waals surface area contributed by atoms with Crippen LogP contribution in [0.15, 0.2) is 133 Å². The predicted molar refractivity (Wildman–Crippen MR) is 153 cm³/mol. The zero-order valence-corrected chi connectivity index (χ0v) is 21.3. The van der Waals surface area contributed by atoms with Crippen molar-refractivity contribution in [2.45, 2.75) is 6.54 Å². The lowest BCUT2D eigenvalue weighted by atomic mass is 10.1. The highest BCUT2D eigenvalue weighted by molar-refractivity contribution is 6.30. The van der Waals surface area contributed by atoms with Crippen molar-refractivity contribution in [3.05, 3.63) is 155 Å². The van der Waals surface area contributed by atoms with Gasteiger partial charge in [0.2, 0.25) is 0 Å². The molecule has 6 rings (SSSR count). The largest absolute Gasteiger partial charge is 0.303 e. The van der Waals surface area contributed by atoms with E-state index in [9.17, 15) is 4.79 Å². The maximum atomic E-state index is 13.8. The number of nitrogens with zero attached hydrogens (tertiary/aromatic N) is 3. The Morgan fingerprint density at radius 1 is 0.737 bits per heavy atom. The summed E-state index contributed by atoms with van der Waals surface area (Å²) in [7, 11) is 0. The maximum absolute atomic E-state index is 13.8. The second-order valence-corrected chi connectivity index (χ2v) is 9.53. The van der Waals surface area contributed by atoms with E-state index in [1.54, 1.807) is 0 Å². The smallest absolute Gasteiger partial charge is 0.258 e. The van der Waals surface area contributed by atoms with E-state index in [-0.39, 0.29) is 5.91 Å². The zero-order chi connectivity index (χ0) is 25.9. The third-order valence-electron chi connectivity index (χ3n) is 6.52. The number of carbonyl (C=O) groups excluding carboxylic acids is 1. The summed E-state index contributed by atoms with van der Waals surface area (Å²) >= 11 is 6.16. The molecule has 0 fully saturated rings. The average molecular weight is 514 g/mol. The molecule has 0 N–H and O–H groups in total. The predicted octanol–water partition coefficient (Wildman–Crippen LogP) is 7.66. The van der Waals surface area contributed by atoms with Gasteiger partial charge >= 0.3 is 0 Å². The molecule has 0 saturated carbocycles. The Balaban J connectivity index is 1.46. The zero-order valence-electron chi connectivity index (χ0n) is 20.5. The van der Waals surface area contributed by atoms with Gasteiger partial charge in [-0.05, 0) is 47.5 Å².